The Morgan fingerprint density at radius 1 is 1.07 bits per heavy atom. The Morgan fingerprint density at radius 3 is 2.32 bits per heavy atom. The van der Waals surface area contributed by atoms with Gasteiger partial charge in [0.1, 0.15) is 11.4 Å². The standard InChI is InChI=1S/C21H32N2O4S/c1-21(2,3)27-19(25)9-7-5-6-8-14-23-18(24)15-26-17-12-10-16(11-13-17)20(22)28-4/h10-13,22H,5-9,14-15H2,1-4H3,(H,23,24). The second-order valence-corrected chi connectivity index (χ2v) is 8.26. The first-order valence-electron chi connectivity index (χ1n) is 9.55. The molecular formula is C21H32N2O4S. The van der Waals surface area contributed by atoms with Crippen molar-refractivity contribution in [2.75, 3.05) is 19.4 Å². The van der Waals surface area contributed by atoms with Gasteiger partial charge in [0.15, 0.2) is 6.61 Å². The fourth-order valence-electron chi connectivity index (χ4n) is 2.39. The highest BCUT2D eigenvalue weighted by molar-refractivity contribution is 8.13. The number of thioether (sulfide) groups is 1. The van der Waals surface area contributed by atoms with Gasteiger partial charge in [-0.05, 0) is 64.1 Å². The maximum Gasteiger partial charge on any atom is 0.306 e. The minimum absolute atomic E-state index is 0.0298. The summed E-state index contributed by atoms with van der Waals surface area (Å²) >= 11 is 1.38. The topological polar surface area (TPSA) is 88.5 Å². The average Bonchev–Trinajstić information content (AvgIpc) is 2.64. The average molecular weight is 409 g/mol. The van der Waals surface area contributed by atoms with Gasteiger partial charge in [0.25, 0.3) is 5.91 Å². The number of esters is 1. The van der Waals surface area contributed by atoms with Crippen molar-refractivity contribution in [3.05, 3.63) is 29.8 Å². The van der Waals surface area contributed by atoms with Gasteiger partial charge in [0.2, 0.25) is 0 Å². The van der Waals surface area contributed by atoms with Gasteiger partial charge in [-0.1, -0.05) is 12.8 Å². The van der Waals surface area contributed by atoms with E-state index in [0.717, 1.165) is 31.2 Å². The number of benzene rings is 1. The normalized spacial score (nSPS) is 11.0. The van der Waals surface area contributed by atoms with Gasteiger partial charge in [-0.2, -0.15) is 0 Å². The first-order valence-corrected chi connectivity index (χ1v) is 10.8. The van der Waals surface area contributed by atoms with Crippen LogP contribution in [0.25, 0.3) is 0 Å². The summed E-state index contributed by atoms with van der Waals surface area (Å²) in [5.41, 5.74) is 0.402. The fraction of sp³-hybridized carbons (Fsp3) is 0.571. The molecular weight excluding hydrogens is 376 g/mol. The van der Waals surface area contributed by atoms with Crippen LogP contribution in [-0.4, -0.2) is 41.9 Å². The van der Waals surface area contributed by atoms with Crippen LogP contribution >= 0.6 is 11.8 Å². The Bertz CT molecular complexity index is 639. The largest absolute Gasteiger partial charge is 0.484 e. The van der Waals surface area contributed by atoms with Gasteiger partial charge in [-0.3, -0.25) is 15.0 Å². The molecule has 156 valence electrons. The molecule has 28 heavy (non-hydrogen) atoms. The highest BCUT2D eigenvalue weighted by Gasteiger charge is 2.15. The lowest BCUT2D eigenvalue weighted by atomic mass is 10.1. The highest BCUT2D eigenvalue weighted by Crippen LogP contribution is 2.15. The van der Waals surface area contributed by atoms with Crippen molar-refractivity contribution in [3.63, 3.8) is 0 Å². The maximum absolute atomic E-state index is 11.8. The molecule has 0 aliphatic rings. The lowest BCUT2D eigenvalue weighted by Crippen LogP contribution is -2.29. The van der Waals surface area contributed by atoms with E-state index in [4.69, 9.17) is 14.9 Å². The van der Waals surface area contributed by atoms with Gasteiger partial charge >= 0.3 is 5.97 Å². The summed E-state index contributed by atoms with van der Waals surface area (Å²) < 4.78 is 10.7. The number of unbranched alkanes of at least 4 members (excludes halogenated alkanes) is 3. The first-order chi connectivity index (χ1) is 13.2. The van der Waals surface area contributed by atoms with Crippen molar-refractivity contribution in [3.8, 4) is 5.75 Å². The minimum Gasteiger partial charge on any atom is -0.484 e. The minimum atomic E-state index is -0.428. The Balaban J connectivity index is 2.08. The molecule has 0 saturated heterocycles. The highest BCUT2D eigenvalue weighted by atomic mass is 32.2. The van der Waals surface area contributed by atoms with E-state index in [1.807, 2.05) is 39.2 Å². The number of hydrogen-bond donors (Lipinski definition) is 2. The van der Waals surface area contributed by atoms with Gasteiger partial charge < -0.3 is 14.8 Å². The van der Waals surface area contributed by atoms with Crippen LogP contribution in [0.5, 0.6) is 5.75 Å². The molecule has 6 nitrogen and oxygen atoms in total. The van der Waals surface area contributed by atoms with Gasteiger partial charge in [-0.25, -0.2) is 0 Å². The number of amides is 1. The molecule has 0 aliphatic heterocycles. The van der Waals surface area contributed by atoms with Crippen molar-refractivity contribution in [1.29, 1.82) is 5.41 Å². The predicted octanol–water partition coefficient (Wildman–Crippen LogP) is 4.16. The van der Waals surface area contributed by atoms with E-state index < -0.39 is 5.60 Å². The zero-order valence-corrected chi connectivity index (χ0v) is 18.1. The van der Waals surface area contributed by atoms with Crippen LogP contribution < -0.4 is 10.1 Å². The predicted molar refractivity (Wildman–Crippen MR) is 114 cm³/mol. The third kappa shape index (κ3) is 11.0. The molecule has 1 aromatic carbocycles. The number of carbonyl (C=O) groups is 2. The maximum atomic E-state index is 11.8. The second kappa shape index (κ2) is 12.4. The molecule has 0 aromatic heterocycles. The second-order valence-electron chi connectivity index (χ2n) is 7.45. The van der Waals surface area contributed by atoms with E-state index >= 15 is 0 Å². The van der Waals surface area contributed by atoms with Gasteiger partial charge in [0, 0.05) is 18.5 Å². The van der Waals surface area contributed by atoms with Crippen LogP contribution in [0.3, 0.4) is 0 Å². The summed E-state index contributed by atoms with van der Waals surface area (Å²) in [6.45, 7) is 6.16. The molecule has 7 heteroatoms. The summed E-state index contributed by atoms with van der Waals surface area (Å²) in [5, 5.41) is 11.1. The molecule has 0 atom stereocenters. The van der Waals surface area contributed by atoms with Crippen molar-refractivity contribution in [1.82, 2.24) is 5.32 Å². The first kappa shape index (κ1) is 24.0. The summed E-state index contributed by atoms with van der Waals surface area (Å²) in [5.74, 6) is 0.293. The van der Waals surface area contributed by atoms with Crippen LogP contribution in [-0.2, 0) is 14.3 Å². The number of carbonyl (C=O) groups excluding carboxylic acids is 2. The summed E-state index contributed by atoms with van der Waals surface area (Å²) in [6, 6.07) is 7.14. The smallest absolute Gasteiger partial charge is 0.306 e. The molecule has 1 rings (SSSR count). The van der Waals surface area contributed by atoms with E-state index in [9.17, 15) is 9.59 Å². The Morgan fingerprint density at radius 2 is 1.71 bits per heavy atom. The van der Waals surface area contributed by atoms with E-state index in [2.05, 4.69) is 5.32 Å². The van der Waals surface area contributed by atoms with Crippen LogP contribution in [0.4, 0.5) is 0 Å². The zero-order valence-electron chi connectivity index (χ0n) is 17.3. The third-order valence-corrected chi connectivity index (χ3v) is 4.38. The lowest BCUT2D eigenvalue weighted by molar-refractivity contribution is -0.154. The molecule has 0 saturated carbocycles. The summed E-state index contributed by atoms with van der Waals surface area (Å²) in [6.07, 6.45) is 5.85. The molecule has 0 aliphatic carbocycles. The number of ether oxygens (including phenoxy) is 2. The van der Waals surface area contributed by atoms with Crippen LogP contribution in [0.1, 0.15) is 58.4 Å². The molecule has 0 spiro atoms. The fourth-order valence-corrected chi connectivity index (χ4v) is 2.76. The van der Waals surface area contributed by atoms with Gasteiger partial charge in [0.05, 0.1) is 5.04 Å². The molecule has 0 heterocycles. The monoisotopic (exact) mass is 408 g/mol. The van der Waals surface area contributed by atoms with Crippen LogP contribution in [0.15, 0.2) is 24.3 Å². The summed E-state index contributed by atoms with van der Waals surface area (Å²) in [4.78, 5) is 23.4. The lowest BCUT2D eigenvalue weighted by Gasteiger charge is -2.19. The van der Waals surface area contributed by atoms with Crippen LogP contribution in [0.2, 0.25) is 0 Å². The SMILES string of the molecule is CSC(=N)c1ccc(OCC(=O)NCCCCCCC(=O)OC(C)(C)C)cc1. The number of rotatable bonds is 11. The quantitative estimate of drug-likeness (QED) is 0.248. The third-order valence-electron chi connectivity index (χ3n) is 3.74. The Kier molecular flexibility index (Phi) is 10.7. The van der Waals surface area contributed by atoms with Crippen molar-refractivity contribution >= 4 is 28.7 Å². The Hall–Kier alpha value is -2.02. The zero-order chi connectivity index (χ0) is 21.0. The number of nitrogens with one attached hydrogen (secondary N) is 2. The van der Waals surface area contributed by atoms with Crippen molar-refractivity contribution < 1.29 is 19.1 Å². The molecule has 0 unspecified atom stereocenters. The molecule has 1 amide bonds. The van der Waals surface area contributed by atoms with E-state index in [0.29, 0.717) is 23.8 Å². The summed E-state index contributed by atoms with van der Waals surface area (Å²) in [7, 11) is 0. The molecule has 0 bridgehead atoms. The van der Waals surface area contributed by atoms with E-state index in [1.165, 1.54) is 11.8 Å². The van der Waals surface area contributed by atoms with Crippen molar-refractivity contribution in [2.24, 2.45) is 0 Å². The van der Waals surface area contributed by atoms with Crippen molar-refractivity contribution in [2.45, 2.75) is 58.5 Å². The van der Waals surface area contributed by atoms with Crippen LogP contribution in [0, 0.1) is 5.41 Å². The molecule has 1 aromatic rings. The van der Waals surface area contributed by atoms with E-state index in [-0.39, 0.29) is 18.5 Å². The molecule has 0 radical (unpaired) electrons. The molecule has 0 fully saturated rings. The molecule has 2 N–H and O–H groups in total. The number of hydrogen-bond acceptors (Lipinski definition) is 6. The van der Waals surface area contributed by atoms with Gasteiger partial charge in [-0.15, -0.1) is 11.8 Å². The Labute approximate surface area is 172 Å². The van der Waals surface area contributed by atoms with E-state index in [1.54, 1.807) is 12.1 Å².